The summed E-state index contributed by atoms with van der Waals surface area (Å²) in [6, 6.07) is 14.7. The van der Waals surface area contributed by atoms with Crippen LogP contribution in [0.5, 0.6) is 11.5 Å². The topological polar surface area (TPSA) is 130 Å². The number of anilines is 2. The Morgan fingerprint density at radius 2 is 1.75 bits per heavy atom. The van der Waals surface area contributed by atoms with Crippen molar-refractivity contribution in [2.45, 2.75) is 6.92 Å². The fraction of sp³-hybridized carbons (Fsp3) is 0.0455. The number of carboxylic acid groups (broad SMARTS) is 1. The van der Waals surface area contributed by atoms with Crippen molar-refractivity contribution in [1.82, 2.24) is 0 Å². The number of aryl methyl sites for hydroxylation is 1. The first kappa shape index (κ1) is 22.7. The minimum atomic E-state index is -2.54. The van der Waals surface area contributed by atoms with Gasteiger partial charge in [-0.15, -0.1) is 0 Å². The van der Waals surface area contributed by atoms with Crippen molar-refractivity contribution in [3.8, 4) is 11.5 Å². The molecule has 0 bridgehead atoms. The van der Waals surface area contributed by atoms with E-state index in [-0.39, 0.29) is 34.0 Å². The molecule has 3 aromatic rings. The molecule has 1 atom stereocenters. The number of benzene rings is 3. The van der Waals surface area contributed by atoms with Gasteiger partial charge < -0.3 is 9.84 Å². The molecule has 3 rings (SSSR count). The third-order valence-electron chi connectivity index (χ3n) is 4.49. The summed E-state index contributed by atoms with van der Waals surface area (Å²) in [5.41, 5.74) is 1.08. The molecule has 0 fully saturated rings. The second-order valence-electron chi connectivity index (χ2n) is 6.63. The highest BCUT2D eigenvalue weighted by Gasteiger charge is 2.23. The molecule has 164 valence electrons. The van der Waals surface area contributed by atoms with E-state index in [1.54, 1.807) is 24.3 Å². The second kappa shape index (κ2) is 9.41. The first-order valence-corrected chi connectivity index (χ1v) is 10.2. The normalized spacial score (nSPS) is 11.4. The van der Waals surface area contributed by atoms with Gasteiger partial charge in [0, 0.05) is 6.07 Å². The van der Waals surface area contributed by atoms with Crippen LogP contribution in [0.4, 0.5) is 17.1 Å². The van der Waals surface area contributed by atoms with Crippen LogP contribution in [-0.2, 0) is 11.3 Å². The fourth-order valence-corrected chi connectivity index (χ4v) is 3.61. The highest BCUT2D eigenvalue weighted by molar-refractivity contribution is 7.81. The zero-order valence-electron chi connectivity index (χ0n) is 16.8. The number of carboxylic acids is 1. The van der Waals surface area contributed by atoms with E-state index < -0.39 is 22.2 Å². The van der Waals surface area contributed by atoms with Crippen molar-refractivity contribution >= 4 is 40.4 Å². The lowest BCUT2D eigenvalue weighted by molar-refractivity contribution is -0.385. The number of aromatic carboxylic acids is 1. The van der Waals surface area contributed by atoms with E-state index in [9.17, 15) is 28.8 Å². The summed E-state index contributed by atoms with van der Waals surface area (Å²) in [5.74, 6) is -0.971. The third kappa shape index (κ3) is 4.82. The fourth-order valence-electron chi connectivity index (χ4n) is 2.98. The van der Waals surface area contributed by atoms with E-state index in [1.165, 1.54) is 42.5 Å². The summed E-state index contributed by atoms with van der Waals surface area (Å²) < 4.78 is 28.5. The molecule has 10 heteroatoms. The van der Waals surface area contributed by atoms with Crippen molar-refractivity contribution < 1.29 is 28.3 Å². The van der Waals surface area contributed by atoms with Gasteiger partial charge in [-0.1, -0.05) is 30.4 Å². The van der Waals surface area contributed by atoms with E-state index in [0.29, 0.717) is 5.69 Å². The van der Waals surface area contributed by atoms with Crippen molar-refractivity contribution in [3.63, 3.8) is 0 Å². The smallest absolute Gasteiger partial charge is 0.337 e. The Hall–Kier alpha value is -4.02. The standard InChI is InChI=1S/C22H18N2O7S/c1-3-15-12-17(8-10-20(15)24(27)28)31-18-9-11-21(19(13-18)22(25)26)23(32(29)30)16-6-4-14(2)5-7-16/h3-13H,1H2,2H3,(H,25,26)(H,29,30). The summed E-state index contributed by atoms with van der Waals surface area (Å²) in [6.45, 7) is 5.40. The molecule has 0 heterocycles. The van der Waals surface area contributed by atoms with Crippen molar-refractivity contribution in [1.29, 1.82) is 0 Å². The van der Waals surface area contributed by atoms with Crippen molar-refractivity contribution in [3.05, 3.63) is 94.0 Å². The SMILES string of the molecule is C=Cc1cc(Oc2ccc(N(c3ccc(C)cc3)S(=O)O)c(C(=O)O)c2)ccc1[N+](=O)[O-]. The minimum absolute atomic E-state index is 0.00924. The highest BCUT2D eigenvalue weighted by Crippen LogP contribution is 2.35. The molecule has 0 aliphatic rings. The number of hydrogen-bond acceptors (Lipinski definition) is 5. The Morgan fingerprint density at radius 1 is 1.12 bits per heavy atom. The van der Waals surface area contributed by atoms with E-state index in [2.05, 4.69) is 6.58 Å². The maximum Gasteiger partial charge on any atom is 0.337 e. The van der Waals surface area contributed by atoms with E-state index in [0.717, 1.165) is 9.87 Å². The third-order valence-corrected chi connectivity index (χ3v) is 5.21. The van der Waals surface area contributed by atoms with Gasteiger partial charge in [0.05, 0.1) is 27.4 Å². The van der Waals surface area contributed by atoms with Crippen LogP contribution in [-0.4, -0.2) is 24.8 Å². The Labute approximate surface area is 185 Å². The molecule has 0 aliphatic heterocycles. The van der Waals surface area contributed by atoms with Gasteiger partial charge in [-0.3, -0.25) is 14.7 Å². The molecule has 3 aromatic carbocycles. The average Bonchev–Trinajstić information content (AvgIpc) is 2.75. The summed E-state index contributed by atoms with van der Waals surface area (Å²) in [4.78, 5) is 22.4. The molecule has 0 saturated heterocycles. The number of ether oxygens (including phenoxy) is 1. The largest absolute Gasteiger partial charge is 0.478 e. The van der Waals surface area contributed by atoms with Crippen molar-refractivity contribution in [2.24, 2.45) is 0 Å². The zero-order valence-corrected chi connectivity index (χ0v) is 17.6. The highest BCUT2D eigenvalue weighted by atomic mass is 32.2. The van der Waals surface area contributed by atoms with E-state index in [1.807, 2.05) is 6.92 Å². The number of carbonyl (C=O) groups is 1. The Balaban J connectivity index is 2.01. The Kier molecular flexibility index (Phi) is 6.67. The molecule has 9 nitrogen and oxygen atoms in total. The molecule has 0 amide bonds. The maximum absolute atomic E-state index is 12.0. The molecular weight excluding hydrogens is 436 g/mol. The molecule has 0 aliphatic carbocycles. The first-order valence-electron chi connectivity index (χ1n) is 9.15. The van der Waals surface area contributed by atoms with Crippen LogP contribution in [0.3, 0.4) is 0 Å². The second-order valence-corrected chi connectivity index (χ2v) is 7.46. The summed E-state index contributed by atoms with van der Waals surface area (Å²) >= 11 is -2.54. The summed E-state index contributed by atoms with van der Waals surface area (Å²) in [7, 11) is 0. The summed E-state index contributed by atoms with van der Waals surface area (Å²) in [5, 5.41) is 20.8. The van der Waals surface area contributed by atoms with Gasteiger partial charge in [-0.05, 0) is 49.4 Å². The van der Waals surface area contributed by atoms with Gasteiger partial charge in [-0.2, -0.15) is 0 Å². The van der Waals surface area contributed by atoms with Crippen LogP contribution in [0.2, 0.25) is 0 Å². The van der Waals surface area contributed by atoms with Crippen LogP contribution in [0.25, 0.3) is 6.08 Å². The lowest BCUT2D eigenvalue weighted by Crippen LogP contribution is -2.21. The van der Waals surface area contributed by atoms with Crippen LogP contribution in [0.1, 0.15) is 21.5 Å². The number of nitrogens with zero attached hydrogens (tertiary/aromatic N) is 2. The minimum Gasteiger partial charge on any atom is -0.478 e. The average molecular weight is 454 g/mol. The molecule has 0 spiro atoms. The van der Waals surface area contributed by atoms with Gasteiger partial charge in [0.25, 0.3) is 17.0 Å². The molecule has 0 aromatic heterocycles. The first-order chi connectivity index (χ1) is 15.2. The predicted molar refractivity (Wildman–Crippen MR) is 121 cm³/mol. The van der Waals surface area contributed by atoms with Crippen molar-refractivity contribution in [2.75, 3.05) is 4.31 Å². The molecule has 0 saturated carbocycles. The lowest BCUT2D eigenvalue weighted by atomic mass is 10.1. The van der Waals surface area contributed by atoms with Gasteiger partial charge in [-0.25, -0.2) is 13.3 Å². The molecule has 32 heavy (non-hydrogen) atoms. The number of hydrogen-bond donors (Lipinski definition) is 2. The van der Waals surface area contributed by atoms with Gasteiger partial charge in [0.15, 0.2) is 0 Å². The van der Waals surface area contributed by atoms with Gasteiger partial charge >= 0.3 is 5.97 Å². The van der Waals surface area contributed by atoms with Gasteiger partial charge in [0.2, 0.25) is 0 Å². The van der Waals surface area contributed by atoms with Gasteiger partial charge in [0.1, 0.15) is 11.5 Å². The molecule has 1 unspecified atom stereocenters. The number of rotatable bonds is 8. The Morgan fingerprint density at radius 3 is 2.31 bits per heavy atom. The molecule has 2 N–H and O–H groups in total. The van der Waals surface area contributed by atoms with E-state index >= 15 is 0 Å². The monoisotopic (exact) mass is 454 g/mol. The Bertz CT molecular complexity index is 1230. The van der Waals surface area contributed by atoms with E-state index in [4.69, 9.17) is 4.74 Å². The molecular formula is C22H18N2O7S. The lowest BCUT2D eigenvalue weighted by Gasteiger charge is -2.22. The quantitative estimate of drug-likeness (QED) is 0.268. The van der Waals surface area contributed by atoms with Crippen LogP contribution in [0, 0.1) is 17.0 Å². The predicted octanol–water partition coefficient (Wildman–Crippen LogP) is 5.31. The zero-order chi connectivity index (χ0) is 23.4. The van der Waals surface area contributed by atoms with Crippen LogP contribution < -0.4 is 9.04 Å². The number of nitro groups is 1. The van der Waals surface area contributed by atoms with Crippen LogP contribution in [0.15, 0.2) is 67.2 Å². The summed E-state index contributed by atoms with van der Waals surface area (Å²) in [6.07, 6.45) is 1.31. The number of nitro benzene ring substituents is 1. The molecule has 0 radical (unpaired) electrons. The van der Waals surface area contributed by atoms with Crippen LogP contribution >= 0.6 is 0 Å². The maximum atomic E-state index is 12.0.